The number of hydrogen-bond donors (Lipinski definition) is 1. The predicted molar refractivity (Wildman–Crippen MR) is 54.4 cm³/mol. The Labute approximate surface area is 90.6 Å². The van der Waals surface area contributed by atoms with E-state index in [0.29, 0.717) is 11.1 Å². The monoisotopic (exact) mass is 229 g/mol. The molecule has 1 aromatic carbocycles. The maximum Gasteiger partial charge on any atom is 0.416 e. The van der Waals surface area contributed by atoms with Gasteiger partial charge in [0.05, 0.1) is 5.56 Å². The number of carbonyl (C=O) groups is 1. The van der Waals surface area contributed by atoms with Crippen molar-refractivity contribution in [3.8, 4) is 0 Å². The standard InChI is InChI=1S/C11H10F3NO/c1-7-4-8(2-3-10(15)16)6-9(5-7)11(12,13)14/h2-6H,1H3,(H2,15,16)/b3-2+. The van der Waals surface area contributed by atoms with Gasteiger partial charge in [-0.25, -0.2) is 0 Å². The maximum atomic E-state index is 12.4. The topological polar surface area (TPSA) is 43.1 Å². The molecular formula is C11H10F3NO. The number of aryl methyl sites for hydroxylation is 1. The smallest absolute Gasteiger partial charge is 0.366 e. The molecular weight excluding hydrogens is 219 g/mol. The van der Waals surface area contributed by atoms with Crippen LogP contribution < -0.4 is 5.73 Å². The molecule has 0 aromatic heterocycles. The van der Waals surface area contributed by atoms with E-state index in [1.807, 2.05) is 0 Å². The number of halogens is 3. The van der Waals surface area contributed by atoms with Gasteiger partial charge in [-0.3, -0.25) is 4.79 Å². The zero-order chi connectivity index (χ0) is 12.3. The molecule has 5 heteroatoms. The van der Waals surface area contributed by atoms with Crippen LogP contribution in [0.4, 0.5) is 13.2 Å². The van der Waals surface area contributed by atoms with Gasteiger partial charge in [0.25, 0.3) is 0 Å². The summed E-state index contributed by atoms with van der Waals surface area (Å²) >= 11 is 0. The van der Waals surface area contributed by atoms with Crippen LogP contribution in [0.15, 0.2) is 24.3 Å². The molecule has 1 aromatic rings. The lowest BCUT2D eigenvalue weighted by Gasteiger charge is -2.08. The number of alkyl halides is 3. The highest BCUT2D eigenvalue weighted by atomic mass is 19.4. The average Bonchev–Trinajstić information content (AvgIpc) is 2.12. The van der Waals surface area contributed by atoms with Gasteiger partial charge < -0.3 is 5.73 Å². The number of nitrogens with two attached hydrogens (primary N) is 1. The van der Waals surface area contributed by atoms with Crippen molar-refractivity contribution in [2.75, 3.05) is 0 Å². The van der Waals surface area contributed by atoms with E-state index in [2.05, 4.69) is 0 Å². The summed E-state index contributed by atoms with van der Waals surface area (Å²) in [5.74, 6) is -0.699. The van der Waals surface area contributed by atoms with Crippen LogP contribution in [0.5, 0.6) is 0 Å². The summed E-state index contributed by atoms with van der Waals surface area (Å²) in [5, 5.41) is 0. The molecule has 0 spiro atoms. The van der Waals surface area contributed by atoms with Gasteiger partial charge in [-0.15, -0.1) is 0 Å². The quantitative estimate of drug-likeness (QED) is 0.778. The lowest BCUT2D eigenvalue weighted by molar-refractivity contribution is -0.137. The van der Waals surface area contributed by atoms with Crippen molar-refractivity contribution in [2.24, 2.45) is 5.73 Å². The van der Waals surface area contributed by atoms with Gasteiger partial charge in [0.2, 0.25) is 5.91 Å². The van der Waals surface area contributed by atoms with E-state index in [9.17, 15) is 18.0 Å². The third kappa shape index (κ3) is 3.42. The van der Waals surface area contributed by atoms with Gasteiger partial charge in [0.15, 0.2) is 0 Å². The zero-order valence-corrected chi connectivity index (χ0v) is 8.51. The number of rotatable bonds is 2. The fraction of sp³-hybridized carbons (Fsp3) is 0.182. The van der Waals surface area contributed by atoms with Crippen LogP contribution >= 0.6 is 0 Å². The summed E-state index contributed by atoms with van der Waals surface area (Å²) in [6, 6.07) is 3.54. The number of primary amides is 1. The molecule has 0 aliphatic heterocycles. The van der Waals surface area contributed by atoms with E-state index in [0.717, 1.165) is 18.2 Å². The SMILES string of the molecule is Cc1cc(/C=C/C(N)=O)cc(C(F)(F)F)c1. The van der Waals surface area contributed by atoms with Gasteiger partial charge in [-0.05, 0) is 36.3 Å². The largest absolute Gasteiger partial charge is 0.416 e. The second-order valence-corrected chi connectivity index (χ2v) is 3.37. The summed E-state index contributed by atoms with van der Waals surface area (Å²) in [5.41, 5.74) is 4.88. The van der Waals surface area contributed by atoms with E-state index in [1.54, 1.807) is 6.92 Å². The number of hydrogen-bond acceptors (Lipinski definition) is 1. The Kier molecular flexibility index (Phi) is 3.37. The summed E-state index contributed by atoms with van der Waals surface area (Å²) in [6.45, 7) is 1.55. The molecule has 0 bridgehead atoms. The van der Waals surface area contributed by atoms with Crippen LogP contribution in [0.25, 0.3) is 6.08 Å². The van der Waals surface area contributed by atoms with Crippen molar-refractivity contribution in [3.05, 3.63) is 41.0 Å². The van der Waals surface area contributed by atoms with Crippen molar-refractivity contribution < 1.29 is 18.0 Å². The van der Waals surface area contributed by atoms with Crippen molar-refractivity contribution in [2.45, 2.75) is 13.1 Å². The van der Waals surface area contributed by atoms with Crippen LogP contribution in [0.2, 0.25) is 0 Å². The maximum absolute atomic E-state index is 12.4. The summed E-state index contributed by atoms with van der Waals surface area (Å²) in [6.07, 6.45) is -2.11. The van der Waals surface area contributed by atoms with Crippen LogP contribution in [0.1, 0.15) is 16.7 Å². The lowest BCUT2D eigenvalue weighted by atomic mass is 10.1. The van der Waals surface area contributed by atoms with Gasteiger partial charge in [-0.2, -0.15) is 13.2 Å². The molecule has 0 unspecified atom stereocenters. The van der Waals surface area contributed by atoms with Crippen LogP contribution in [0.3, 0.4) is 0 Å². The van der Waals surface area contributed by atoms with Gasteiger partial charge in [0, 0.05) is 6.08 Å². The Morgan fingerprint density at radius 2 is 1.94 bits per heavy atom. The second-order valence-electron chi connectivity index (χ2n) is 3.37. The predicted octanol–water partition coefficient (Wildman–Crippen LogP) is 2.51. The van der Waals surface area contributed by atoms with Crippen LogP contribution in [-0.4, -0.2) is 5.91 Å². The van der Waals surface area contributed by atoms with Crippen molar-refractivity contribution >= 4 is 12.0 Å². The first-order valence-electron chi connectivity index (χ1n) is 4.45. The Balaban J connectivity index is 3.13. The molecule has 0 aliphatic rings. The van der Waals surface area contributed by atoms with E-state index < -0.39 is 17.6 Å². The third-order valence-corrected chi connectivity index (χ3v) is 1.87. The minimum Gasteiger partial charge on any atom is -0.366 e. The molecule has 0 fully saturated rings. The molecule has 1 amide bonds. The Hall–Kier alpha value is -1.78. The zero-order valence-electron chi connectivity index (χ0n) is 8.51. The van der Waals surface area contributed by atoms with Gasteiger partial charge >= 0.3 is 6.18 Å². The lowest BCUT2D eigenvalue weighted by Crippen LogP contribution is -2.06. The Bertz CT molecular complexity index is 435. The Morgan fingerprint density at radius 1 is 1.31 bits per heavy atom. The fourth-order valence-electron chi connectivity index (χ4n) is 1.25. The molecule has 0 aliphatic carbocycles. The number of amides is 1. The third-order valence-electron chi connectivity index (χ3n) is 1.87. The van der Waals surface area contributed by atoms with Crippen LogP contribution in [0, 0.1) is 6.92 Å². The van der Waals surface area contributed by atoms with E-state index in [1.165, 1.54) is 12.1 Å². The molecule has 16 heavy (non-hydrogen) atoms. The minimum atomic E-state index is -4.39. The van der Waals surface area contributed by atoms with Gasteiger partial charge in [-0.1, -0.05) is 6.07 Å². The molecule has 2 nitrogen and oxygen atoms in total. The van der Waals surface area contributed by atoms with E-state index >= 15 is 0 Å². The van der Waals surface area contributed by atoms with Gasteiger partial charge in [0.1, 0.15) is 0 Å². The normalized spacial score (nSPS) is 12.0. The summed E-state index contributed by atoms with van der Waals surface area (Å²) < 4.78 is 37.3. The van der Waals surface area contributed by atoms with Crippen molar-refractivity contribution in [1.82, 2.24) is 0 Å². The summed E-state index contributed by atoms with van der Waals surface area (Å²) in [4.78, 5) is 10.5. The molecule has 0 saturated heterocycles. The second kappa shape index (κ2) is 4.38. The number of benzene rings is 1. The minimum absolute atomic E-state index is 0.297. The first-order valence-corrected chi connectivity index (χ1v) is 4.45. The first kappa shape index (κ1) is 12.3. The van der Waals surface area contributed by atoms with E-state index in [-0.39, 0.29) is 0 Å². The molecule has 0 atom stereocenters. The Morgan fingerprint density at radius 3 is 2.44 bits per heavy atom. The highest BCUT2D eigenvalue weighted by Gasteiger charge is 2.30. The average molecular weight is 229 g/mol. The highest BCUT2D eigenvalue weighted by molar-refractivity contribution is 5.90. The van der Waals surface area contributed by atoms with Crippen LogP contribution in [-0.2, 0) is 11.0 Å². The molecule has 0 heterocycles. The van der Waals surface area contributed by atoms with Crippen molar-refractivity contribution in [3.63, 3.8) is 0 Å². The molecule has 0 radical (unpaired) electrons. The highest BCUT2D eigenvalue weighted by Crippen LogP contribution is 2.30. The molecule has 86 valence electrons. The number of carbonyl (C=O) groups excluding carboxylic acids is 1. The van der Waals surface area contributed by atoms with E-state index in [4.69, 9.17) is 5.73 Å². The molecule has 0 saturated carbocycles. The van der Waals surface area contributed by atoms with Crippen molar-refractivity contribution in [1.29, 1.82) is 0 Å². The molecule has 1 rings (SSSR count). The summed E-state index contributed by atoms with van der Waals surface area (Å²) in [7, 11) is 0. The first-order chi connectivity index (χ1) is 7.29. The fourth-order valence-corrected chi connectivity index (χ4v) is 1.25. The molecule has 2 N–H and O–H groups in total.